The Morgan fingerprint density at radius 2 is 2.20 bits per heavy atom. The molecule has 82 valence electrons. The average Bonchev–Trinajstić information content (AvgIpc) is 3.04. The van der Waals surface area contributed by atoms with Crippen molar-refractivity contribution in [1.29, 1.82) is 0 Å². The van der Waals surface area contributed by atoms with Crippen LogP contribution in [0.3, 0.4) is 0 Å². The third-order valence-electron chi connectivity index (χ3n) is 2.83. The summed E-state index contributed by atoms with van der Waals surface area (Å²) in [4.78, 5) is 11.8. The van der Waals surface area contributed by atoms with Gasteiger partial charge in [-0.3, -0.25) is 4.79 Å². The molecule has 0 aliphatic heterocycles. The van der Waals surface area contributed by atoms with Gasteiger partial charge in [0.05, 0.1) is 0 Å². The number of hydrogen-bond donors (Lipinski definition) is 1. The standard InChI is InChI=1S/C9H14N4OS/c1-5(6-3-4-6)7-8(14)13(10)9(15-2)12-11-7/h5-6H,3-4,10H2,1-2H3. The molecule has 15 heavy (non-hydrogen) atoms. The zero-order valence-electron chi connectivity index (χ0n) is 8.80. The zero-order valence-corrected chi connectivity index (χ0v) is 9.62. The van der Waals surface area contributed by atoms with Crippen LogP contribution in [0, 0.1) is 5.92 Å². The SMILES string of the molecule is CSc1nnc(C(C)C2CC2)c(=O)n1N. The second-order valence-electron chi connectivity index (χ2n) is 3.87. The molecule has 0 amide bonds. The molecule has 6 heteroatoms. The number of nitrogens with zero attached hydrogens (tertiary/aromatic N) is 3. The third-order valence-corrected chi connectivity index (χ3v) is 3.47. The molecule has 1 aliphatic carbocycles. The minimum atomic E-state index is -0.214. The molecular formula is C9H14N4OS. The first-order valence-corrected chi connectivity index (χ1v) is 6.16. The van der Waals surface area contributed by atoms with E-state index in [0.29, 0.717) is 16.8 Å². The largest absolute Gasteiger partial charge is 0.334 e. The van der Waals surface area contributed by atoms with Crippen LogP contribution in [0.25, 0.3) is 0 Å². The van der Waals surface area contributed by atoms with Gasteiger partial charge in [0.25, 0.3) is 5.56 Å². The second-order valence-corrected chi connectivity index (χ2v) is 4.65. The van der Waals surface area contributed by atoms with Gasteiger partial charge in [0.15, 0.2) is 0 Å². The molecule has 0 bridgehead atoms. The van der Waals surface area contributed by atoms with E-state index in [2.05, 4.69) is 10.2 Å². The molecule has 2 N–H and O–H groups in total. The number of thioether (sulfide) groups is 1. The van der Waals surface area contributed by atoms with E-state index in [4.69, 9.17) is 5.84 Å². The molecule has 5 nitrogen and oxygen atoms in total. The Bertz CT molecular complexity index is 427. The minimum absolute atomic E-state index is 0.177. The Morgan fingerprint density at radius 1 is 1.53 bits per heavy atom. The number of nitrogens with two attached hydrogens (primary N) is 1. The minimum Gasteiger partial charge on any atom is -0.334 e. The number of nitrogen functional groups attached to an aromatic ring is 1. The Balaban J connectivity index is 2.40. The summed E-state index contributed by atoms with van der Waals surface area (Å²) in [6, 6.07) is 0. The van der Waals surface area contributed by atoms with E-state index in [1.165, 1.54) is 24.6 Å². The molecule has 1 aromatic rings. The Kier molecular flexibility index (Phi) is 2.68. The molecule has 0 aromatic carbocycles. The van der Waals surface area contributed by atoms with Crippen molar-refractivity contribution in [3.8, 4) is 0 Å². The van der Waals surface area contributed by atoms with Gasteiger partial charge in [-0.1, -0.05) is 18.7 Å². The van der Waals surface area contributed by atoms with Crippen LogP contribution in [-0.2, 0) is 0 Å². The molecule has 1 unspecified atom stereocenters. The van der Waals surface area contributed by atoms with Crippen LogP contribution in [-0.4, -0.2) is 21.1 Å². The van der Waals surface area contributed by atoms with E-state index in [1.54, 1.807) is 0 Å². The summed E-state index contributed by atoms with van der Waals surface area (Å²) in [5.74, 6) is 6.40. The van der Waals surface area contributed by atoms with E-state index in [-0.39, 0.29) is 11.5 Å². The van der Waals surface area contributed by atoms with Gasteiger partial charge in [-0.15, -0.1) is 10.2 Å². The van der Waals surface area contributed by atoms with Crippen molar-refractivity contribution in [3.05, 3.63) is 16.0 Å². The average molecular weight is 226 g/mol. The lowest BCUT2D eigenvalue weighted by atomic mass is 10.0. The lowest BCUT2D eigenvalue weighted by molar-refractivity contribution is 0.578. The number of aromatic nitrogens is 3. The monoisotopic (exact) mass is 226 g/mol. The van der Waals surface area contributed by atoms with Crippen molar-refractivity contribution in [3.63, 3.8) is 0 Å². The quantitative estimate of drug-likeness (QED) is 0.603. The molecule has 0 spiro atoms. The van der Waals surface area contributed by atoms with Crippen molar-refractivity contribution >= 4 is 11.8 Å². The molecule has 2 rings (SSSR count). The maximum Gasteiger partial charge on any atom is 0.294 e. The van der Waals surface area contributed by atoms with Crippen LogP contribution >= 0.6 is 11.8 Å². The van der Waals surface area contributed by atoms with E-state index >= 15 is 0 Å². The Hall–Kier alpha value is -1.04. The summed E-state index contributed by atoms with van der Waals surface area (Å²) < 4.78 is 1.09. The van der Waals surface area contributed by atoms with Crippen LogP contribution in [0.4, 0.5) is 0 Å². The molecule has 0 radical (unpaired) electrons. The lowest BCUT2D eigenvalue weighted by Gasteiger charge is -2.10. The smallest absolute Gasteiger partial charge is 0.294 e. The molecule has 1 atom stereocenters. The lowest BCUT2D eigenvalue weighted by Crippen LogP contribution is -2.34. The fraction of sp³-hybridized carbons (Fsp3) is 0.667. The highest BCUT2D eigenvalue weighted by molar-refractivity contribution is 7.98. The van der Waals surface area contributed by atoms with Gasteiger partial charge in [0.2, 0.25) is 5.16 Å². The van der Waals surface area contributed by atoms with Gasteiger partial charge in [-0.25, -0.2) is 0 Å². The molecule has 1 aromatic heterocycles. The molecule has 1 aliphatic rings. The van der Waals surface area contributed by atoms with Crippen LogP contribution in [0.5, 0.6) is 0 Å². The van der Waals surface area contributed by atoms with E-state index in [9.17, 15) is 4.79 Å². The summed E-state index contributed by atoms with van der Waals surface area (Å²) >= 11 is 1.32. The van der Waals surface area contributed by atoms with Gasteiger partial charge < -0.3 is 5.84 Å². The zero-order chi connectivity index (χ0) is 11.0. The first-order chi connectivity index (χ1) is 7.15. The normalized spacial score (nSPS) is 17.7. The molecular weight excluding hydrogens is 212 g/mol. The highest BCUT2D eigenvalue weighted by Crippen LogP contribution is 2.40. The summed E-state index contributed by atoms with van der Waals surface area (Å²) in [7, 11) is 0. The van der Waals surface area contributed by atoms with Crippen molar-refractivity contribution in [2.75, 3.05) is 12.1 Å². The fourth-order valence-corrected chi connectivity index (χ4v) is 2.04. The van der Waals surface area contributed by atoms with Crippen molar-refractivity contribution in [2.45, 2.75) is 30.8 Å². The molecule has 1 heterocycles. The van der Waals surface area contributed by atoms with Crippen molar-refractivity contribution < 1.29 is 0 Å². The number of hydrogen-bond acceptors (Lipinski definition) is 5. The predicted octanol–water partition coefficient (Wildman–Crippen LogP) is 0.588. The third kappa shape index (κ3) is 1.86. The highest BCUT2D eigenvalue weighted by atomic mass is 32.2. The second kappa shape index (κ2) is 3.84. The van der Waals surface area contributed by atoms with Gasteiger partial charge in [-0.05, 0) is 25.0 Å². The first-order valence-electron chi connectivity index (χ1n) is 4.93. The Labute approximate surface area is 92.0 Å². The van der Waals surface area contributed by atoms with Gasteiger partial charge >= 0.3 is 0 Å². The molecule has 1 saturated carbocycles. The Morgan fingerprint density at radius 3 is 2.73 bits per heavy atom. The van der Waals surface area contributed by atoms with Crippen molar-refractivity contribution in [1.82, 2.24) is 14.9 Å². The van der Waals surface area contributed by atoms with Crippen LogP contribution in [0.15, 0.2) is 9.95 Å². The predicted molar refractivity (Wildman–Crippen MR) is 59.4 cm³/mol. The van der Waals surface area contributed by atoms with E-state index in [0.717, 1.165) is 4.68 Å². The summed E-state index contributed by atoms with van der Waals surface area (Å²) in [5.41, 5.74) is 0.284. The van der Waals surface area contributed by atoms with Gasteiger partial charge in [-0.2, -0.15) is 4.68 Å². The van der Waals surface area contributed by atoms with E-state index < -0.39 is 0 Å². The van der Waals surface area contributed by atoms with Crippen molar-refractivity contribution in [2.24, 2.45) is 5.92 Å². The summed E-state index contributed by atoms with van der Waals surface area (Å²) in [5, 5.41) is 8.38. The van der Waals surface area contributed by atoms with Gasteiger partial charge in [0.1, 0.15) is 5.69 Å². The fourth-order valence-electron chi connectivity index (χ4n) is 1.64. The van der Waals surface area contributed by atoms with E-state index in [1.807, 2.05) is 13.2 Å². The van der Waals surface area contributed by atoms with Gasteiger partial charge in [0, 0.05) is 5.92 Å². The summed E-state index contributed by atoms with van der Waals surface area (Å²) in [6.45, 7) is 2.02. The maximum atomic E-state index is 11.8. The van der Waals surface area contributed by atoms with Crippen LogP contribution in [0.1, 0.15) is 31.4 Å². The molecule has 0 saturated heterocycles. The molecule has 1 fully saturated rings. The summed E-state index contributed by atoms with van der Waals surface area (Å²) in [6.07, 6.45) is 4.17. The van der Waals surface area contributed by atoms with Crippen LogP contribution in [0.2, 0.25) is 0 Å². The highest BCUT2D eigenvalue weighted by Gasteiger charge is 2.32. The van der Waals surface area contributed by atoms with Crippen LogP contribution < -0.4 is 11.4 Å². The maximum absolute atomic E-state index is 11.8. The topological polar surface area (TPSA) is 73.8 Å². The first kappa shape index (κ1) is 10.5. The number of rotatable bonds is 3.